The molecule has 0 spiro atoms. The number of hydrogen-bond acceptors (Lipinski definition) is 4. The van der Waals surface area contributed by atoms with Crippen molar-refractivity contribution in [1.82, 2.24) is 10.3 Å². The number of amides is 1. The summed E-state index contributed by atoms with van der Waals surface area (Å²) in [5.41, 5.74) is 0.557. The Bertz CT molecular complexity index is 727. The van der Waals surface area contributed by atoms with Gasteiger partial charge in [0.25, 0.3) is 5.91 Å². The minimum atomic E-state index is -0.721. The van der Waals surface area contributed by atoms with Crippen molar-refractivity contribution in [2.75, 3.05) is 0 Å². The molecule has 1 fully saturated rings. The fraction of sp³-hybridized carbons (Fsp3) is 0.312. The number of aromatic nitrogens is 1. The van der Waals surface area contributed by atoms with Gasteiger partial charge in [0.05, 0.1) is 6.07 Å². The molecule has 112 valence electrons. The minimum Gasteiger partial charge on any atom is -0.332 e. The second kappa shape index (κ2) is 6.07. The molecule has 0 saturated heterocycles. The first-order valence-electron chi connectivity index (χ1n) is 7.07. The number of thiazole rings is 1. The van der Waals surface area contributed by atoms with Gasteiger partial charge >= 0.3 is 0 Å². The van der Waals surface area contributed by atoms with Crippen LogP contribution >= 0.6 is 22.9 Å². The first kappa shape index (κ1) is 15.0. The maximum absolute atomic E-state index is 12.3. The molecular formula is C16H14ClN3OS. The number of hydrogen-bond donors (Lipinski definition) is 1. The zero-order chi connectivity index (χ0) is 15.6. The molecule has 1 N–H and O–H groups in total. The highest BCUT2D eigenvalue weighted by molar-refractivity contribution is 7.13. The van der Waals surface area contributed by atoms with Gasteiger partial charge in [-0.3, -0.25) is 4.79 Å². The third-order valence-corrected chi connectivity index (χ3v) is 5.00. The maximum Gasteiger partial charge on any atom is 0.272 e. The predicted molar refractivity (Wildman–Crippen MR) is 86.8 cm³/mol. The number of carbonyl (C=O) groups is 1. The van der Waals surface area contributed by atoms with Gasteiger partial charge in [-0.1, -0.05) is 23.7 Å². The van der Waals surface area contributed by atoms with Crippen molar-refractivity contribution in [2.24, 2.45) is 0 Å². The Labute approximate surface area is 137 Å². The van der Waals surface area contributed by atoms with E-state index in [1.807, 2.05) is 12.1 Å². The Hall–Kier alpha value is -1.90. The zero-order valence-electron chi connectivity index (χ0n) is 11.8. The molecule has 1 aliphatic carbocycles. The lowest BCUT2D eigenvalue weighted by molar-refractivity contribution is 0.0916. The molecule has 4 nitrogen and oxygen atoms in total. The van der Waals surface area contributed by atoms with E-state index in [2.05, 4.69) is 16.4 Å². The van der Waals surface area contributed by atoms with Crippen LogP contribution in [0.15, 0.2) is 29.6 Å². The molecule has 1 aromatic heterocycles. The van der Waals surface area contributed by atoms with Crippen molar-refractivity contribution in [3.05, 3.63) is 40.4 Å². The normalized spacial score (nSPS) is 16.2. The van der Waals surface area contributed by atoms with Crippen molar-refractivity contribution in [3.63, 3.8) is 0 Å². The average molecular weight is 332 g/mol. The van der Waals surface area contributed by atoms with Gasteiger partial charge in [0.1, 0.15) is 16.2 Å². The third kappa shape index (κ3) is 2.99. The number of halogens is 1. The summed E-state index contributed by atoms with van der Waals surface area (Å²) in [6.45, 7) is 0. The Kier molecular flexibility index (Phi) is 4.14. The van der Waals surface area contributed by atoms with Gasteiger partial charge in [-0.15, -0.1) is 11.3 Å². The number of carbonyl (C=O) groups excluding carboxylic acids is 1. The molecule has 6 heteroatoms. The average Bonchev–Trinajstić information content (AvgIpc) is 3.18. The number of nitrogens with zero attached hydrogens (tertiary/aromatic N) is 2. The Morgan fingerprint density at radius 3 is 2.64 bits per heavy atom. The van der Waals surface area contributed by atoms with Gasteiger partial charge in [0, 0.05) is 16.0 Å². The second-order valence-corrected chi connectivity index (χ2v) is 6.69. The molecule has 1 aliphatic rings. The summed E-state index contributed by atoms with van der Waals surface area (Å²) < 4.78 is 0. The van der Waals surface area contributed by atoms with Crippen molar-refractivity contribution in [2.45, 2.75) is 31.2 Å². The summed E-state index contributed by atoms with van der Waals surface area (Å²) in [5, 5.41) is 15.3. The van der Waals surface area contributed by atoms with Gasteiger partial charge < -0.3 is 5.32 Å². The van der Waals surface area contributed by atoms with E-state index in [-0.39, 0.29) is 5.91 Å². The van der Waals surface area contributed by atoms with Gasteiger partial charge in [0.2, 0.25) is 0 Å². The summed E-state index contributed by atoms with van der Waals surface area (Å²) in [5.74, 6) is -0.278. The number of nitriles is 1. The van der Waals surface area contributed by atoms with E-state index < -0.39 is 5.54 Å². The molecule has 0 atom stereocenters. The van der Waals surface area contributed by atoms with Crippen LogP contribution in [-0.4, -0.2) is 16.4 Å². The molecule has 1 heterocycles. The van der Waals surface area contributed by atoms with E-state index in [1.165, 1.54) is 11.3 Å². The molecule has 0 aliphatic heterocycles. The van der Waals surface area contributed by atoms with Crippen LogP contribution < -0.4 is 5.32 Å². The molecule has 1 aromatic carbocycles. The lowest BCUT2D eigenvalue weighted by Crippen LogP contribution is -2.45. The lowest BCUT2D eigenvalue weighted by atomic mass is 10.00. The SMILES string of the molecule is N#CC1(NC(=O)c2csc(-c3ccc(Cl)cc3)n2)CCCC1. The Morgan fingerprint density at radius 2 is 2.00 bits per heavy atom. The summed E-state index contributed by atoms with van der Waals surface area (Å²) in [7, 11) is 0. The van der Waals surface area contributed by atoms with Crippen LogP contribution in [0.4, 0.5) is 0 Å². The number of benzene rings is 1. The molecule has 2 aromatic rings. The predicted octanol–water partition coefficient (Wildman–Crippen LogP) is 4.03. The summed E-state index contributed by atoms with van der Waals surface area (Å²) >= 11 is 7.27. The Balaban J connectivity index is 1.77. The van der Waals surface area contributed by atoms with E-state index in [4.69, 9.17) is 11.6 Å². The van der Waals surface area contributed by atoms with Crippen molar-refractivity contribution in [3.8, 4) is 16.6 Å². The van der Waals surface area contributed by atoms with Crippen LogP contribution in [-0.2, 0) is 0 Å². The summed E-state index contributed by atoms with van der Waals surface area (Å²) in [4.78, 5) is 16.7. The van der Waals surface area contributed by atoms with Crippen LogP contribution in [0.2, 0.25) is 5.02 Å². The Morgan fingerprint density at radius 1 is 1.32 bits per heavy atom. The van der Waals surface area contributed by atoms with Crippen molar-refractivity contribution in [1.29, 1.82) is 5.26 Å². The van der Waals surface area contributed by atoms with Crippen LogP contribution in [0, 0.1) is 11.3 Å². The molecule has 0 unspecified atom stereocenters. The molecule has 0 radical (unpaired) electrons. The second-order valence-electron chi connectivity index (χ2n) is 5.40. The lowest BCUT2D eigenvalue weighted by Gasteiger charge is -2.21. The van der Waals surface area contributed by atoms with Gasteiger partial charge in [-0.25, -0.2) is 4.98 Å². The molecular weight excluding hydrogens is 318 g/mol. The molecule has 22 heavy (non-hydrogen) atoms. The fourth-order valence-corrected chi connectivity index (χ4v) is 3.56. The highest BCUT2D eigenvalue weighted by atomic mass is 35.5. The maximum atomic E-state index is 12.3. The summed E-state index contributed by atoms with van der Waals surface area (Å²) in [6.07, 6.45) is 3.37. The zero-order valence-corrected chi connectivity index (χ0v) is 13.4. The van der Waals surface area contributed by atoms with E-state index in [0.29, 0.717) is 23.6 Å². The van der Waals surface area contributed by atoms with E-state index in [0.717, 1.165) is 23.4 Å². The monoisotopic (exact) mass is 331 g/mol. The molecule has 3 rings (SSSR count). The smallest absolute Gasteiger partial charge is 0.272 e. The van der Waals surface area contributed by atoms with Crippen LogP contribution in [0.3, 0.4) is 0 Å². The highest BCUT2D eigenvalue weighted by Crippen LogP contribution is 2.30. The van der Waals surface area contributed by atoms with E-state index >= 15 is 0 Å². The molecule has 0 bridgehead atoms. The van der Waals surface area contributed by atoms with Crippen LogP contribution in [0.1, 0.15) is 36.2 Å². The highest BCUT2D eigenvalue weighted by Gasteiger charge is 2.36. The molecule has 1 amide bonds. The van der Waals surface area contributed by atoms with Gasteiger partial charge in [-0.05, 0) is 37.8 Å². The topological polar surface area (TPSA) is 65.8 Å². The standard InChI is InChI=1S/C16H14ClN3OS/c17-12-5-3-11(4-6-12)15-19-13(9-22-15)14(21)20-16(10-18)7-1-2-8-16/h3-6,9H,1-2,7-8H2,(H,20,21). The van der Waals surface area contributed by atoms with Crippen molar-refractivity contribution >= 4 is 28.8 Å². The quantitative estimate of drug-likeness (QED) is 0.923. The van der Waals surface area contributed by atoms with E-state index in [1.54, 1.807) is 17.5 Å². The largest absolute Gasteiger partial charge is 0.332 e. The summed E-state index contributed by atoms with van der Waals surface area (Å²) in [6, 6.07) is 9.58. The minimum absolute atomic E-state index is 0.278. The van der Waals surface area contributed by atoms with Gasteiger partial charge in [-0.2, -0.15) is 5.26 Å². The van der Waals surface area contributed by atoms with Gasteiger partial charge in [0.15, 0.2) is 0 Å². The molecule has 1 saturated carbocycles. The first-order chi connectivity index (χ1) is 10.6. The third-order valence-electron chi connectivity index (χ3n) is 3.85. The fourth-order valence-electron chi connectivity index (χ4n) is 2.63. The van der Waals surface area contributed by atoms with Crippen molar-refractivity contribution < 1.29 is 4.79 Å². The van der Waals surface area contributed by atoms with Crippen LogP contribution in [0.25, 0.3) is 10.6 Å². The van der Waals surface area contributed by atoms with Crippen LogP contribution in [0.5, 0.6) is 0 Å². The first-order valence-corrected chi connectivity index (χ1v) is 8.33. The van der Waals surface area contributed by atoms with E-state index in [9.17, 15) is 10.1 Å². The number of nitrogens with one attached hydrogen (secondary N) is 1. The number of rotatable bonds is 3.